The third-order valence-corrected chi connectivity index (χ3v) is 4.00. The van der Waals surface area contributed by atoms with Gasteiger partial charge in [-0.05, 0) is 31.2 Å². The Morgan fingerprint density at radius 2 is 1.89 bits per heavy atom. The highest BCUT2D eigenvalue weighted by Gasteiger charge is 2.30. The molecule has 0 aromatic heterocycles. The van der Waals surface area contributed by atoms with Gasteiger partial charge in [-0.15, -0.1) is 0 Å². The van der Waals surface area contributed by atoms with Crippen LogP contribution in [0.1, 0.15) is 48.0 Å². The molecule has 2 nitrogen and oxygen atoms in total. The summed E-state index contributed by atoms with van der Waals surface area (Å²) in [5.74, 6) is 0.554. The van der Waals surface area contributed by atoms with Crippen LogP contribution in [0.25, 0.3) is 0 Å². The molecule has 0 N–H and O–H groups in total. The molecule has 2 heteroatoms. The van der Waals surface area contributed by atoms with Crippen molar-refractivity contribution in [1.82, 2.24) is 0 Å². The van der Waals surface area contributed by atoms with Gasteiger partial charge in [0.05, 0.1) is 0 Å². The van der Waals surface area contributed by atoms with Gasteiger partial charge in [-0.1, -0.05) is 43.5 Å². The molecule has 0 aliphatic heterocycles. The number of ketones is 1. The van der Waals surface area contributed by atoms with Crippen LogP contribution in [0.3, 0.4) is 0 Å². The molecular weight excluding hydrogens is 224 g/mol. The predicted molar refractivity (Wildman–Crippen MR) is 72.9 cm³/mol. The van der Waals surface area contributed by atoms with Crippen molar-refractivity contribution in [3.8, 4) is 0 Å². The maximum Gasteiger partial charge on any atom is 0.192 e. The van der Waals surface area contributed by atoms with Crippen LogP contribution in [0.2, 0.25) is 0 Å². The summed E-state index contributed by atoms with van der Waals surface area (Å²) in [4.78, 5) is 12.6. The van der Waals surface area contributed by atoms with Crippen molar-refractivity contribution in [2.45, 2.75) is 45.1 Å². The monoisotopic (exact) mass is 246 g/mol. The predicted octanol–water partition coefficient (Wildman–Crippen LogP) is 3.77. The summed E-state index contributed by atoms with van der Waals surface area (Å²) in [6, 6.07) is 7.79. The Bertz CT molecular complexity index is 405. The Balaban J connectivity index is 2.17. The molecule has 0 heterocycles. The molecule has 18 heavy (non-hydrogen) atoms. The molecule has 0 radical (unpaired) electrons. The van der Waals surface area contributed by atoms with E-state index >= 15 is 0 Å². The van der Waals surface area contributed by atoms with Gasteiger partial charge in [0.1, 0.15) is 6.10 Å². The van der Waals surface area contributed by atoms with Gasteiger partial charge in [0.15, 0.2) is 5.78 Å². The summed E-state index contributed by atoms with van der Waals surface area (Å²) in [5, 5.41) is 0. The third-order valence-electron chi connectivity index (χ3n) is 4.00. The van der Waals surface area contributed by atoms with E-state index in [2.05, 4.69) is 0 Å². The molecule has 2 rings (SSSR count). The first-order valence-electron chi connectivity index (χ1n) is 6.86. The number of Topliss-reactive ketones (excluding diaryl/α,β-unsaturated/α-hetero) is 1. The van der Waals surface area contributed by atoms with Crippen molar-refractivity contribution in [3.63, 3.8) is 0 Å². The molecule has 0 amide bonds. The Labute approximate surface area is 109 Å². The zero-order valence-corrected chi connectivity index (χ0v) is 11.3. The lowest BCUT2D eigenvalue weighted by atomic mass is 9.82. The van der Waals surface area contributed by atoms with Crippen LogP contribution < -0.4 is 0 Å². The second-order valence-corrected chi connectivity index (χ2v) is 5.23. The maximum absolute atomic E-state index is 12.6. The lowest BCUT2D eigenvalue weighted by molar-refractivity contribution is 0.0314. The van der Waals surface area contributed by atoms with E-state index < -0.39 is 0 Å². The first-order chi connectivity index (χ1) is 8.74. The van der Waals surface area contributed by atoms with Crippen LogP contribution in [0.4, 0.5) is 0 Å². The number of rotatable bonds is 4. The van der Waals surface area contributed by atoms with Gasteiger partial charge >= 0.3 is 0 Å². The van der Waals surface area contributed by atoms with Gasteiger partial charge in [0, 0.05) is 12.7 Å². The molecule has 0 spiro atoms. The Hall–Kier alpha value is -1.15. The summed E-state index contributed by atoms with van der Waals surface area (Å²) in [6.07, 6.45) is 5.74. The summed E-state index contributed by atoms with van der Waals surface area (Å²) >= 11 is 0. The zero-order valence-electron chi connectivity index (χ0n) is 11.3. The first kappa shape index (κ1) is 13.3. The minimum absolute atomic E-state index is 0.155. The Kier molecular flexibility index (Phi) is 4.54. The largest absolute Gasteiger partial charge is 0.373 e. The second kappa shape index (κ2) is 6.14. The number of hydrogen-bond acceptors (Lipinski definition) is 2. The highest BCUT2D eigenvalue weighted by molar-refractivity contribution is 6.00. The average Bonchev–Trinajstić information content (AvgIpc) is 2.41. The van der Waals surface area contributed by atoms with Crippen LogP contribution in [0.15, 0.2) is 24.3 Å². The van der Waals surface area contributed by atoms with Crippen molar-refractivity contribution in [2.24, 2.45) is 5.92 Å². The summed E-state index contributed by atoms with van der Waals surface area (Å²) in [7, 11) is 1.66. The summed E-state index contributed by atoms with van der Waals surface area (Å²) in [5.41, 5.74) is 1.86. The van der Waals surface area contributed by atoms with Crippen LogP contribution >= 0.6 is 0 Å². The van der Waals surface area contributed by atoms with Gasteiger partial charge in [-0.25, -0.2) is 0 Å². The number of ether oxygens (including phenoxy) is 1. The van der Waals surface area contributed by atoms with Crippen molar-refractivity contribution in [1.29, 1.82) is 0 Å². The molecule has 98 valence electrons. The van der Waals surface area contributed by atoms with Crippen molar-refractivity contribution in [3.05, 3.63) is 35.4 Å². The molecule has 1 atom stereocenters. The molecule has 1 aromatic carbocycles. The normalized spacial score (nSPS) is 18.6. The number of methoxy groups -OCH3 is 1. The van der Waals surface area contributed by atoms with E-state index in [1.54, 1.807) is 7.11 Å². The van der Waals surface area contributed by atoms with E-state index in [1.165, 1.54) is 19.3 Å². The fourth-order valence-corrected chi connectivity index (χ4v) is 2.95. The number of carbonyl (C=O) groups excluding carboxylic acids is 1. The van der Waals surface area contributed by atoms with E-state index in [0.717, 1.165) is 24.0 Å². The molecule has 1 unspecified atom stereocenters. The Morgan fingerprint density at radius 3 is 2.50 bits per heavy atom. The van der Waals surface area contributed by atoms with Gasteiger partial charge in [-0.2, -0.15) is 0 Å². The lowest BCUT2D eigenvalue weighted by Crippen LogP contribution is -2.33. The standard InChI is InChI=1S/C16H22O2/c1-12-8-6-7-11-14(12)15(17)16(18-2)13-9-4-3-5-10-13/h6-8,11,13,16H,3-5,9-10H2,1-2H3. The second-order valence-electron chi connectivity index (χ2n) is 5.23. The number of benzene rings is 1. The third kappa shape index (κ3) is 2.81. The van der Waals surface area contributed by atoms with E-state index in [9.17, 15) is 4.79 Å². The van der Waals surface area contributed by atoms with Crippen LogP contribution in [-0.4, -0.2) is 19.0 Å². The molecule has 1 aliphatic rings. The maximum atomic E-state index is 12.6. The van der Waals surface area contributed by atoms with Crippen molar-refractivity contribution in [2.75, 3.05) is 7.11 Å². The van der Waals surface area contributed by atoms with E-state index in [4.69, 9.17) is 4.74 Å². The summed E-state index contributed by atoms with van der Waals surface area (Å²) < 4.78 is 5.51. The number of aryl methyl sites for hydroxylation is 1. The van der Waals surface area contributed by atoms with E-state index in [-0.39, 0.29) is 11.9 Å². The highest BCUT2D eigenvalue weighted by atomic mass is 16.5. The molecule has 0 bridgehead atoms. The highest BCUT2D eigenvalue weighted by Crippen LogP contribution is 2.29. The van der Waals surface area contributed by atoms with E-state index in [1.807, 2.05) is 31.2 Å². The SMILES string of the molecule is COC(C(=O)c1ccccc1C)C1CCCCC1. The van der Waals surface area contributed by atoms with Crippen molar-refractivity contribution < 1.29 is 9.53 Å². The molecule has 1 fully saturated rings. The molecule has 1 aliphatic carbocycles. The first-order valence-corrected chi connectivity index (χ1v) is 6.86. The van der Waals surface area contributed by atoms with Crippen LogP contribution in [0.5, 0.6) is 0 Å². The number of carbonyl (C=O) groups is 1. The summed E-state index contributed by atoms with van der Waals surface area (Å²) in [6.45, 7) is 1.99. The van der Waals surface area contributed by atoms with Gasteiger partial charge < -0.3 is 4.74 Å². The zero-order chi connectivity index (χ0) is 13.0. The fraction of sp³-hybridized carbons (Fsp3) is 0.562. The van der Waals surface area contributed by atoms with Crippen LogP contribution in [-0.2, 0) is 4.74 Å². The molecule has 1 aromatic rings. The smallest absolute Gasteiger partial charge is 0.192 e. The molecule has 0 saturated heterocycles. The molecule has 1 saturated carbocycles. The Morgan fingerprint density at radius 1 is 1.22 bits per heavy atom. The van der Waals surface area contributed by atoms with Crippen molar-refractivity contribution >= 4 is 5.78 Å². The quantitative estimate of drug-likeness (QED) is 0.756. The lowest BCUT2D eigenvalue weighted by Gasteiger charge is -2.28. The minimum Gasteiger partial charge on any atom is -0.373 e. The van der Waals surface area contributed by atoms with Crippen LogP contribution in [0, 0.1) is 12.8 Å². The average molecular weight is 246 g/mol. The number of hydrogen-bond donors (Lipinski definition) is 0. The van der Waals surface area contributed by atoms with E-state index in [0.29, 0.717) is 5.92 Å². The van der Waals surface area contributed by atoms with Gasteiger partial charge in [0.25, 0.3) is 0 Å². The molecular formula is C16H22O2. The fourth-order valence-electron chi connectivity index (χ4n) is 2.95. The minimum atomic E-state index is -0.258. The van der Waals surface area contributed by atoms with Gasteiger partial charge in [0.2, 0.25) is 0 Å². The topological polar surface area (TPSA) is 26.3 Å². The van der Waals surface area contributed by atoms with Gasteiger partial charge in [-0.3, -0.25) is 4.79 Å².